The van der Waals surface area contributed by atoms with E-state index in [1.807, 2.05) is 18.7 Å². The lowest BCUT2D eigenvalue weighted by atomic mass is 10.0. The molecule has 0 aromatic carbocycles. The van der Waals surface area contributed by atoms with Crippen LogP contribution in [0.25, 0.3) is 0 Å². The first kappa shape index (κ1) is 22.6. The standard InChI is InChI=1S/C17H31N7O3/c1-5-8-9-10-14(11-24(27)12-25)15(26)21-22-16-18-13(4)19-17(20-16)23(6-2)7-3/h12,14,27H,5-11H2,1-4H3,(H,21,26)(H,18,19,20,22)/t14-/m1/s1. The highest BCUT2D eigenvalue weighted by Gasteiger charge is 2.21. The highest BCUT2D eigenvalue weighted by atomic mass is 16.5. The Balaban J connectivity index is 2.77. The fraction of sp³-hybridized carbons (Fsp3) is 0.706. The number of hydrogen-bond acceptors (Lipinski definition) is 8. The summed E-state index contributed by atoms with van der Waals surface area (Å²) in [5.41, 5.74) is 5.28. The van der Waals surface area contributed by atoms with Crippen molar-refractivity contribution in [2.45, 2.75) is 53.4 Å². The van der Waals surface area contributed by atoms with Crippen LogP contribution in [0.3, 0.4) is 0 Å². The van der Waals surface area contributed by atoms with Gasteiger partial charge in [0, 0.05) is 13.1 Å². The number of hydrogen-bond donors (Lipinski definition) is 3. The lowest BCUT2D eigenvalue weighted by molar-refractivity contribution is -0.154. The van der Waals surface area contributed by atoms with Crippen LogP contribution in [0.15, 0.2) is 0 Å². The van der Waals surface area contributed by atoms with Crippen molar-refractivity contribution in [3.8, 4) is 0 Å². The van der Waals surface area contributed by atoms with E-state index in [0.29, 0.717) is 29.7 Å². The molecule has 0 unspecified atom stereocenters. The molecule has 0 radical (unpaired) electrons. The van der Waals surface area contributed by atoms with Gasteiger partial charge in [-0.1, -0.05) is 26.2 Å². The highest BCUT2D eigenvalue weighted by Crippen LogP contribution is 2.13. The fourth-order valence-corrected chi connectivity index (χ4v) is 2.61. The van der Waals surface area contributed by atoms with Gasteiger partial charge in [-0.25, -0.2) is 5.06 Å². The topological polar surface area (TPSA) is 124 Å². The molecule has 0 saturated carbocycles. The van der Waals surface area contributed by atoms with Crippen LogP contribution in [-0.4, -0.2) is 57.2 Å². The highest BCUT2D eigenvalue weighted by molar-refractivity contribution is 5.80. The van der Waals surface area contributed by atoms with Gasteiger partial charge in [-0.2, -0.15) is 15.0 Å². The number of unbranched alkanes of at least 4 members (excludes halogenated alkanes) is 2. The Labute approximate surface area is 160 Å². The largest absolute Gasteiger partial charge is 0.341 e. The predicted molar refractivity (Wildman–Crippen MR) is 102 cm³/mol. The minimum absolute atomic E-state index is 0.0678. The minimum Gasteiger partial charge on any atom is -0.341 e. The van der Waals surface area contributed by atoms with Gasteiger partial charge in [-0.3, -0.25) is 25.6 Å². The molecule has 2 amide bonds. The van der Waals surface area contributed by atoms with E-state index in [9.17, 15) is 14.8 Å². The van der Waals surface area contributed by atoms with Gasteiger partial charge in [0.25, 0.3) is 0 Å². The maximum absolute atomic E-state index is 12.5. The number of rotatable bonds is 13. The molecular weight excluding hydrogens is 350 g/mol. The normalized spacial score (nSPS) is 11.6. The fourth-order valence-electron chi connectivity index (χ4n) is 2.61. The summed E-state index contributed by atoms with van der Waals surface area (Å²) in [7, 11) is 0. The summed E-state index contributed by atoms with van der Waals surface area (Å²) >= 11 is 0. The zero-order valence-corrected chi connectivity index (χ0v) is 16.6. The Bertz CT molecular complexity index is 596. The van der Waals surface area contributed by atoms with Crippen molar-refractivity contribution in [3.63, 3.8) is 0 Å². The van der Waals surface area contributed by atoms with Crippen molar-refractivity contribution in [3.05, 3.63) is 5.82 Å². The molecule has 1 aromatic rings. The van der Waals surface area contributed by atoms with Crippen LogP contribution in [0.1, 0.15) is 52.3 Å². The second kappa shape index (κ2) is 12.0. The van der Waals surface area contributed by atoms with E-state index in [0.717, 1.165) is 32.4 Å². The maximum Gasteiger partial charge on any atom is 0.246 e. The Hall–Kier alpha value is -2.49. The molecule has 0 spiro atoms. The molecule has 1 rings (SSSR count). The quantitative estimate of drug-likeness (QED) is 0.203. The Morgan fingerprint density at radius 1 is 1.19 bits per heavy atom. The van der Waals surface area contributed by atoms with Crippen LogP contribution in [0.4, 0.5) is 11.9 Å². The molecule has 0 fully saturated rings. The molecule has 10 nitrogen and oxygen atoms in total. The molecule has 0 aliphatic heterocycles. The Morgan fingerprint density at radius 2 is 1.89 bits per heavy atom. The number of aromatic nitrogens is 3. The number of hydrazine groups is 1. The van der Waals surface area contributed by atoms with Gasteiger partial charge in [-0.05, 0) is 27.2 Å². The molecule has 1 heterocycles. The molecule has 1 aromatic heterocycles. The smallest absolute Gasteiger partial charge is 0.246 e. The summed E-state index contributed by atoms with van der Waals surface area (Å²) in [5.74, 6) is 0.428. The first-order chi connectivity index (χ1) is 12.9. The lowest BCUT2D eigenvalue weighted by Crippen LogP contribution is -2.40. The van der Waals surface area contributed by atoms with Crippen molar-refractivity contribution in [2.75, 3.05) is 30.0 Å². The number of anilines is 2. The molecule has 0 saturated heterocycles. The van der Waals surface area contributed by atoms with Crippen molar-refractivity contribution >= 4 is 24.2 Å². The van der Waals surface area contributed by atoms with Gasteiger partial charge < -0.3 is 4.90 Å². The third-order valence-corrected chi connectivity index (χ3v) is 4.14. The van der Waals surface area contributed by atoms with Gasteiger partial charge >= 0.3 is 0 Å². The number of aryl methyl sites for hydroxylation is 1. The number of nitrogens with zero attached hydrogens (tertiary/aromatic N) is 5. The van der Waals surface area contributed by atoms with Crippen LogP contribution in [0.2, 0.25) is 0 Å². The number of carbonyl (C=O) groups is 2. The van der Waals surface area contributed by atoms with E-state index in [2.05, 4.69) is 32.7 Å². The predicted octanol–water partition coefficient (Wildman–Crippen LogP) is 1.51. The Morgan fingerprint density at radius 3 is 2.48 bits per heavy atom. The number of hydroxylamine groups is 2. The molecule has 1 atom stereocenters. The van der Waals surface area contributed by atoms with Gasteiger partial charge in [0.15, 0.2) is 0 Å². The van der Waals surface area contributed by atoms with Gasteiger partial charge in [0.2, 0.25) is 24.2 Å². The van der Waals surface area contributed by atoms with Crippen LogP contribution in [0, 0.1) is 12.8 Å². The average Bonchev–Trinajstić information content (AvgIpc) is 2.66. The molecule has 27 heavy (non-hydrogen) atoms. The second-order valence-electron chi connectivity index (χ2n) is 6.21. The van der Waals surface area contributed by atoms with E-state index in [4.69, 9.17) is 0 Å². The molecular formula is C17H31N7O3. The molecule has 0 bridgehead atoms. The number of amides is 2. The maximum atomic E-state index is 12.5. The van der Waals surface area contributed by atoms with Crippen molar-refractivity contribution in [1.29, 1.82) is 0 Å². The van der Waals surface area contributed by atoms with Crippen LogP contribution < -0.4 is 15.8 Å². The van der Waals surface area contributed by atoms with Crippen molar-refractivity contribution in [1.82, 2.24) is 25.4 Å². The average molecular weight is 381 g/mol. The van der Waals surface area contributed by atoms with Crippen molar-refractivity contribution < 1.29 is 14.8 Å². The molecule has 0 aliphatic rings. The third-order valence-electron chi connectivity index (χ3n) is 4.14. The van der Waals surface area contributed by atoms with E-state index in [1.165, 1.54) is 0 Å². The SMILES string of the molecule is CCCCC[C@H](CN(O)C=O)C(=O)NNc1nc(C)nc(N(CC)CC)n1. The molecule has 3 N–H and O–H groups in total. The van der Waals surface area contributed by atoms with Crippen LogP contribution in [-0.2, 0) is 9.59 Å². The summed E-state index contributed by atoms with van der Waals surface area (Å²) in [5, 5.41) is 9.92. The molecule has 152 valence electrons. The van der Waals surface area contributed by atoms with Crippen molar-refractivity contribution in [2.24, 2.45) is 5.92 Å². The summed E-state index contributed by atoms with van der Waals surface area (Å²) in [6.45, 7) is 9.27. The van der Waals surface area contributed by atoms with E-state index >= 15 is 0 Å². The number of carbonyl (C=O) groups excluding carboxylic acids is 2. The zero-order chi connectivity index (χ0) is 20.2. The first-order valence-electron chi connectivity index (χ1n) is 9.39. The third kappa shape index (κ3) is 7.73. The zero-order valence-electron chi connectivity index (χ0n) is 16.6. The lowest BCUT2D eigenvalue weighted by Gasteiger charge is -2.21. The van der Waals surface area contributed by atoms with E-state index < -0.39 is 5.92 Å². The summed E-state index contributed by atoms with van der Waals surface area (Å²) < 4.78 is 0. The van der Waals surface area contributed by atoms with E-state index in [1.54, 1.807) is 6.92 Å². The van der Waals surface area contributed by atoms with Gasteiger partial charge in [-0.15, -0.1) is 0 Å². The van der Waals surface area contributed by atoms with Crippen LogP contribution in [0.5, 0.6) is 0 Å². The van der Waals surface area contributed by atoms with Crippen LogP contribution >= 0.6 is 0 Å². The van der Waals surface area contributed by atoms with E-state index in [-0.39, 0.29) is 18.4 Å². The molecule has 0 aliphatic carbocycles. The first-order valence-corrected chi connectivity index (χ1v) is 9.39. The monoisotopic (exact) mass is 381 g/mol. The minimum atomic E-state index is -0.538. The second-order valence-corrected chi connectivity index (χ2v) is 6.21. The summed E-state index contributed by atoms with van der Waals surface area (Å²) in [6, 6.07) is 0. The Kier molecular flexibility index (Phi) is 10.0. The summed E-state index contributed by atoms with van der Waals surface area (Å²) in [6.07, 6.45) is 3.68. The summed E-state index contributed by atoms with van der Waals surface area (Å²) in [4.78, 5) is 37.9. The molecule has 10 heteroatoms. The van der Waals surface area contributed by atoms with Gasteiger partial charge in [0.1, 0.15) is 5.82 Å². The number of nitrogens with one attached hydrogen (secondary N) is 2. The van der Waals surface area contributed by atoms with Gasteiger partial charge in [0.05, 0.1) is 12.5 Å².